The van der Waals surface area contributed by atoms with Crippen LogP contribution < -0.4 is 4.90 Å². The van der Waals surface area contributed by atoms with Crippen LogP contribution in [0.25, 0.3) is 0 Å². The molecule has 1 rings (SSSR count). The SMILES string of the molecule is CCCCCCCCCCCCCCCCCCN(CCCCCCCCCCCC)c1ccccc1C. The summed E-state index contributed by atoms with van der Waals surface area (Å²) >= 11 is 0. The highest BCUT2D eigenvalue weighted by Crippen LogP contribution is 2.22. The van der Waals surface area contributed by atoms with Crippen LogP contribution in [0, 0.1) is 6.92 Å². The van der Waals surface area contributed by atoms with Gasteiger partial charge in [0.1, 0.15) is 0 Å². The molecule has 0 aliphatic rings. The quantitative estimate of drug-likeness (QED) is 0.0936. The van der Waals surface area contributed by atoms with Crippen molar-refractivity contribution in [3.05, 3.63) is 29.8 Å². The number of para-hydroxylation sites is 1. The fourth-order valence-electron chi connectivity index (χ4n) is 5.91. The van der Waals surface area contributed by atoms with E-state index in [1.54, 1.807) is 0 Å². The second-order valence-electron chi connectivity index (χ2n) is 12.3. The van der Waals surface area contributed by atoms with Gasteiger partial charge >= 0.3 is 0 Å². The molecule has 1 nitrogen and oxygen atoms in total. The van der Waals surface area contributed by atoms with Gasteiger partial charge in [-0.2, -0.15) is 0 Å². The molecule has 1 heteroatoms. The molecule has 0 radical (unpaired) electrons. The summed E-state index contributed by atoms with van der Waals surface area (Å²) in [5, 5.41) is 0. The second-order valence-corrected chi connectivity index (χ2v) is 12.3. The van der Waals surface area contributed by atoms with E-state index in [4.69, 9.17) is 0 Å². The summed E-state index contributed by atoms with van der Waals surface area (Å²) in [5.41, 5.74) is 2.92. The minimum Gasteiger partial charge on any atom is -0.371 e. The Morgan fingerprint density at radius 3 is 1.00 bits per heavy atom. The van der Waals surface area contributed by atoms with Crippen molar-refractivity contribution < 1.29 is 0 Å². The Labute approximate surface area is 241 Å². The molecule has 0 atom stereocenters. The average molecular weight is 528 g/mol. The van der Waals surface area contributed by atoms with Crippen LogP contribution in [0.3, 0.4) is 0 Å². The van der Waals surface area contributed by atoms with Crippen LogP contribution in [0.1, 0.15) is 186 Å². The fourth-order valence-corrected chi connectivity index (χ4v) is 5.91. The third-order valence-corrected chi connectivity index (χ3v) is 8.52. The maximum atomic E-state index is 2.70. The molecular formula is C37H69N. The van der Waals surface area contributed by atoms with Crippen LogP contribution in [-0.4, -0.2) is 13.1 Å². The predicted octanol–water partition coefficient (Wildman–Crippen LogP) is 13.0. The zero-order chi connectivity index (χ0) is 27.4. The molecule has 0 saturated carbocycles. The summed E-state index contributed by atoms with van der Waals surface area (Å²) < 4.78 is 0. The lowest BCUT2D eigenvalue weighted by Crippen LogP contribution is -2.26. The Morgan fingerprint density at radius 1 is 0.395 bits per heavy atom. The van der Waals surface area contributed by atoms with Crippen molar-refractivity contribution in [2.45, 2.75) is 188 Å². The topological polar surface area (TPSA) is 3.24 Å². The first kappa shape index (κ1) is 35.0. The summed E-state index contributed by atoms with van der Waals surface area (Å²) in [4.78, 5) is 2.70. The summed E-state index contributed by atoms with van der Waals surface area (Å²) in [6, 6.07) is 9.04. The Morgan fingerprint density at radius 2 is 0.684 bits per heavy atom. The average Bonchev–Trinajstić information content (AvgIpc) is 2.93. The molecule has 38 heavy (non-hydrogen) atoms. The number of rotatable bonds is 29. The molecule has 0 aliphatic heterocycles. The van der Waals surface area contributed by atoms with Gasteiger partial charge in [0.05, 0.1) is 0 Å². The summed E-state index contributed by atoms with van der Waals surface area (Å²) in [6.07, 6.45) is 37.3. The third kappa shape index (κ3) is 20.9. The number of hydrogen-bond acceptors (Lipinski definition) is 1. The van der Waals surface area contributed by atoms with Crippen LogP contribution in [0.5, 0.6) is 0 Å². The molecule has 1 aromatic rings. The highest BCUT2D eigenvalue weighted by atomic mass is 15.1. The molecule has 0 aromatic heterocycles. The van der Waals surface area contributed by atoms with Crippen molar-refractivity contribution in [3.63, 3.8) is 0 Å². The molecule has 0 amide bonds. The van der Waals surface area contributed by atoms with Crippen LogP contribution >= 0.6 is 0 Å². The molecule has 0 heterocycles. The van der Waals surface area contributed by atoms with Crippen LogP contribution in [0.15, 0.2) is 24.3 Å². The van der Waals surface area contributed by atoms with E-state index in [1.807, 2.05) is 0 Å². The van der Waals surface area contributed by atoms with E-state index in [2.05, 4.69) is 49.9 Å². The minimum absolute atomic E-state index is 1.24. The van der Waals surface area contributed by atoms with Gasteiger partial charge < -0.3 is 4.90 Å². The summed E-state index contributed by atoms with van der Waals surface area (Å²) in [6.45, 7) is 9.37. The Kier molecular flexibility index (Phi) is 25.4. The number of hydrogen-bond donors (Lipinski definition) is 0. The Balaban J connectivity index is 2.06. The highest BCUT2D eigenvalue weighted by Gasteiger charge is 2.08. The largest absolute Gasteiger partial charge is 0.371 e. The van der Waals surface area contributed by atoms with Gasteiger partial charge in [-0.15, -0.1) is 0 Å². The van der Waals surface area contributed by atoms with Gasteiger partial charge in [-0.3, -0.25) is 0 Å². The monoisotopic (exact) mass is 528 g/mol. The zero-order valence-corrected chi connectivity index (χ0v) is 26.6. The molecule has 222 valence electrons. The van der Waals surface area contributed by atoms with E-state index >= 15 is 0 Å². The minimum atomic E-state index is 1.24. The first-order chi connectivity index (χ1) is 18.8. The van der Waals surface area contributed by atoms with Gasteiger partial charge in [-0.25, -0.2) is 0 Å². The molecule has 0 unspecified atom stereocenters. The van der Waals surface area contributed by atoms with Gasteiger partial charge in [0.2, 0.25) is 0 Å². The van der Waals surface area contributed by atoms with E-state index in [9.17, 15) is 0 Å². The lowest BCUT2D eigenvalue weighted by atomic mass is 10.0. The van der Waals surface area contributed by atoms with Crippen molar-refractivity contribution in [2.75, 3.05) is 18.0 Å². The third-order valence-electron chi connectivity index (χ3n) is 8.52. The standard InChI is InChI=1S/C37H69N/c1-4-6-8-10-12-14-16-17-18-19-20-21-23-25-27-31-35-38(37-33-29-28-32-36(37)3)34-30-26-24-22-15-13-11-9-7-5-2/h28-29,32-33H,4-27,30-31,34-35H2,1-3H3. The smallest absolute Gasteiger partial charge is 0.0395 e. The van der Waals surface area contributed by atoms with E-state index in [0.717, 1.165) is 0 Å². The van der Waals surface area contributed by atoms with Crippen LogP contribution in [0.4, 0.5) is 5.69 Å². The van der Waals surface area contributed by atoms with E-state index in [0.29, 0.717) is 0 Å². The van der Waals surface area contributed by atoms with Crippen LogP contribution in [0.2, 0.25) is 0 Å². The van der Waals surface area contributed by atoms with E-state index in [-0.39, 0.29) is 0 Å². The van der Waals surface area contributed by atoms with Crippen molar-refractivity contribution in [2.24, 2.45) is 0 Å². The summed E-state index contributed by atoms with van der Waals surface area (Å²) in [7, 11) is 0. The zero-order valence-electron chi connectivity index (χ0n) is 26.6. The molecule has 0 spiro atoms. The second kappa shape index (κ2) is 27.6. The highest BCUT2D eigenvalue weighted by molar-refractivity contribution is 5.52. The molecule has 0 saturated heterocycles. The van der Waals surface area contributed by atoms with Gasteiger partial charge in [-0.05, 0) is 31.4 Å². The van der Waals surface area contributed by atoms with Gasteiger partial charge in [0, 0.05) is 18.8 Å². The number of anilines is 1. The lowest BCUT2D eigenvalue weighted by Gasteiger charge is -2.26. The Bertz CT molecular complexity index is 594. The number of nitrogens with zero attached hydrogens (tertiary/aromatic N) is 1. The number of aryl methyl sites for hydroxylation is 1. The predicted molar refractivity (Wildman–Crippen MR) is 175 cm³/mol. The van der Waals surface area contributed by atoms with Gasteiger partial charge in [0.15, 0.2) is 0 Å². The number of unbranched alkanes of at least 4 members (excludes halogenated alkanes) is 24. The first-order valence-electron chi connectivity index (χ1n) is 17.6. The van der Waals surface area contributed by atoms with Crippen molar-refractivity contribution >= 4 is 5.69 Å². The molecule has 0 aliphatic carbocycles. The molecule has 0 N–H and O–H groups in total. The molecular weight excluding hydrogens is 458 g/mol. The van der Waals surface area contributed by atoms with Gasteiger partial charge in [0.25, 0.3) is 0 Å². The van der Waals surface area contributed by atoms with E-state index in [1.165, 1.54) is 191 Å². The summed E-state index contributed by atoms with van der Waals surface area (Å²) in [5.74, 6) is 0. The molecule has 0 bridgehead atoms. The maximum absolute atomic E-state index is 2.70. The van der Waals surface area contributed by atoms with Crippen molar-refractivity contribution in [3.8, 4) is 0 Å². The normalized spacial score (nSPS) is 11.3. The fraction of sp³-hybridized carbons (Fsp3) is 0.838. The van der Waals surface area contributed by atoms with E-state index < -0.39 is 0 Å². The maximum Gasteiger partial charge on any atom is 0.0395 e. The molecule has 0 fully saturated rings. The first-order valence-corrected chi connectivity index (χ1v) is 17.6. The lowest BCUT2D eigenvalue weighted by molar-refractivity contribution is 0.527. The molecule has 1 aromatic carbocycles. The van der Waals surface area contributed by atoms with Crippen LogP contribution in [-0.2, 0) is 0 Å². The number of benzene rings is 1. The van der Waals surface area contributed by atoms with Gasteiger partial charge in [-0.1, -0.05) is 186 Å². The Hall–Kier alpha value is -0.980. The van der Waals surface area contributed by atoms with Crippen molar-refractivity contribution in [1.82, 2.24) is 0 Å². The van der Waals surface area contributed by atoms with Crippen molar-refractivity contribution in [1.29, 1.82) is 0 Å².